The second kappa shape index (κ2) is 6.91. The van der Waals surface area contributed by atoms with Crippen LogP contribution in [0, 0.1) is 36.0 Å². The predicted octanol–water partition coefficient (Wildman–Crippen LogP) is -0.268. The molecule has 0 amide bonds. The number of oxime groups is 1. The van der Waals surface area contributed by atoms with Gasteiger partial charge in [0.25, 0.3) is 0 Å². The summed E-state index contributed by atoms with van der Waals surface area (Å²) in [6, 6.07) is -0.372. The zero-order valence-corrected chi connectivity index (χ0v) is 13.3. The van der Waals surface area contributed by atoms with E-state index in [-0.39, 0.29) is 37.2 Å². The molecule has 8 heteroatoms. The Balaban J connectivity index is 0.00000144. The summed E-state index contributed by atoms with van der Waals surface area (Å²) < 4.78 is 0. The largest absolute Gasteiger partial charge is 0.383 e. The molecule has 0 spiro atoms. The molecule has 0 bridgehead atoms. The molecule has 1 heterocycles. The summed E-state index contributed by atoms with van der Waals surface area (Å²) >= 11 is 0. The fourth-order valence-electron chi connectivity index (χ4n) is 1.55. The Morgan fingerprint density at radius 2 is 2.41 bits per heavy atom. The van der Waals surface area contributed by atoms with Gasteiger partial charge in [0.2, 0.25) is 0 Å². The first-order valence-corrected chi connectivity index (χ1v) is 5.05. The minimum atomic E-state index is -0.372. The van der Waals surface area contributed by atoms with Crippen LogP contribution in [0.5, 0.6) is 0 Å². The minimum absolute atomic E-state index is 0. The Bertz CT molecular complexity index is 380. The van der Waals surface area contributed by atoms with Crippen LogP contribution >= 0.6 is 0 Å². The van der Waals surface area contributed by atoms with E-state index < -0.39 is 0 Å². The van der Waals surface area contributed by atoms with Crippen molar-refractivity contribution in [3.8, 4) is 0 Å². The molecule has 90 valence electrons. The standard InChI is InChI=1S/C9H13N5O2.U/c10-4-1-5-11-6-2-3-7(12-15)9-8(6)13-16-14-9;/h2-3,9,11,14H,1,4-5,10H2;. The van der Waals surface area contributed by atoms with Crippen LogP contribution in [0.3, 0.4) is 0 Å². The maximum atomic E-state index is 10.5. The third kappa shape index (κ3) is 3.16. The number of hydrogen-bond donors (Lipinski definition) is 3. The summed E-state index contributed by atoms with van der Waals surface area (Å²) in [5.74, 6) is 0. The van der Waals surface area contributed by atoms with Crippen molar-refractivity contribution in [1.29, 1.82) is 0 Å². The molecule has 1 aliphatic heterocycles. The molecule has 7 nitrogen and oxygen atoms in total. The van der Waals surface area contributed by atoms with Gasteiger partial charge in [-0.2, -0.15) is 0 Å². The van der Waals surface area contributed by atoms with Crippen LogP contribution < -0.4 is 16.5 Å². The van der Waals surface area contributed by atoms with Gasteiger partial charge in [-0.3, -0.25) is 4.94 Å². The molecule has 0 saturated heterocycles. The number of hydroxylamine groups is 1. The van der Waals surface area contributed by atoms with Gasteiger partial charge >= 0.3 is 0 Å². The quantitative estimate of drug-likeness (QED) is 0.387. The van der Waals surface area contributed by atoms with E-state index in [0.29, 0.717) is 18.0 Å². The van der Waals surface area contributed by atoms with Gasteiger partial charge in [-0.1, -0.05) is 5.16 Å². The van der Waals surface area contributed by atoms with Crippen LogP contribution in [-0.4, -0.2) is 24.8 Å². The molecule has 0 aromatic rings. The van der Waals surface area contributed by atoms with Crippen molar-refractivity contribution in [2.45, 2.75) is 12.5 Å². The number of nitrogens with zero attached hydrogens (tertiary/aromatic N) is 2. The van der Waals surface area contributed by atoms with E-state index in [0.717, 1.165) is 18.7 Å². The smallest absolute Gasteiger partial charge is 0.138 e. The first-order valence-electron chi connectivity index (χ1n) is 5.05. The summed E-state index contributed by atoms with van der Waals surface area (Å²) in [4.78, 5) is 15.3. The first-order chi connectivity index (χ1) is 7.86. The van der Waals surface area contributed by atoms with Crippen molar-refractivity contribution in [2.24, 2.45) is 16.1 Å². The number of nitrogens with one attached hydrogen (secondary N) is 2. The zero-order valence-electron chi connectivity index (χ0n) is 9.14. The van der Waals surface area contributed by atoms with Crippen molar-refractivity contribution in [2.75, 3.05) is 13.1 Å². The molecule has 17 heavy (non-hydrogen) atoms. The van der Waals surface area contributed by atoms with E-state index in [1.165, 1.54) is 0 Å². The molecular formula is C9H13N5O2U. The van der Waals surface area contributed by atoms with Gasteiger partial charge in [0.1, 0.15) is 17.5 Å². The van der Waals surface area contributed by atoms with Gasteiger partial charge in [0.05, 0.1) is 5.70 Å². The maximum absolute atomic E-state index is 10.5. The Hall–Kier alpha value is -0.678. The van der Waals surface area contributed by atoms with Crippen molar-refractivity contribution in [3.63, 3.8) is 0 Å². The molecule has 0 aromatic heterocycles. The molecule has 1 atom stereocenters. The molecule has 2 rings (SSSR count). The SMILES string of the molecule is NCCCNC1=CC=C(N=O)C2NON=C12.[U]. The van der Waals surface area contributed by atoms with Crippen molar-refractivity contribution in [1.82, 2.24) is 10.8 Å². The number of allylic oxidation sites excluding steroid dienone is 2. The minimum Gasteiger partial charge on any atom is -0.383 e. The monoisotopic (exact) mass is 461 g/mol. The van der Waals surface area contributed by atoms with Crippen LogP contribution in [0.2, 0.25) is 0 Å². The van der Waals surface area contributed by atoms with E-state index in [1.807, 2.05) is 0 Å². The van der Waals surface area contributed by atoms with E-state index in [4.69, 9.17) is 10.7 Å². The number of hydrogen-bond acceptors (Lipinski definition) is 7. The van der Waals surface area contributed by atoms with Crippen LogP contribution in [-0.2, 0) is 4.94 Å². The third-order valence-electron chi connectivity index (χ3n) is 2.38. The normalized spacial score (nSPS) is 21.2. The Morgan fingerprint density at radius 1 is 1.59 bits per heavy atom. The van der Waals surface area contributed by atoms with E-state index in [2.05, 4.69) is 21.1 Å². The predicted molar refractivity (Wildman–Crippen MR) is 59.1 cm³/mol. The Kier molecular flexibility index (Phi) is 5.85. The van der Waals surface area contributed by atoms with Crippen LogP contribution in [0.4, 0.5) is 0 Å². The Morgan fingerprint density at radius 3 is 3.12 bits per heavy atom. The molecule has 4 N–H and O–H groups in total. The van der Waals surface area contributed by atoms with E-state index in [1.54, 1.807) is 12.2 Å². The Labute approximate surface area is 122 Å². The van der Waals surface area contributed by atoms with Gasteiger partial charge < -0.3 is 11.1 Å². The number of nitroso groups, excluding NO2 is 1. The summed E-state index contributed by atoms with van der Waals surface area (Å²) in [5.41, 5.74) is 9.85. The van der Waals surface area contributed by atoms with Gasteiger partial charge in [-0.15, -0.1) is 10.4 Å². The van der Waals surface area contributed by atoms with Crippen LogP contribution in [0.15, 0.2) is 33.9 Å². The topological polar surface area (TPSA) is 101 Å². The molecule has 1 unspecified atom stereocenters. The average Bonchev–Trinajstić information content (AvgIpc) is 2.79. The van der Waals surface area contributed by atoms with E-state index in [9.17, 15) is 4.91 Å². The fourth-order valence-corrected chi connectivity index (χ4v) is 1.55. The van der Waals surface area contributed by atoms with Crippen LogP contribution in [0.25, 0.3) is 0 Å². The summed E-state index contributed by atoms with van der Waals surface area (Å²) in [6.07, 6.45) is 4.27. The molecule has 0 radical (unpaired) electrons. The van der Waals surface area contributed by atoms with Gasteiger partial charge in [0, 0.05) is 37.7 Å². The average molecular weight is 461 g/mol. The number of rotatable bonds is 5. The molecule has 1 aliphatic carbocycles. The van der Waals surface area contributed by atoms with Gasteiger partial charge in [-0.05, 0) is 30.3 Å². The van der Waals surface area contributed by atoms with Crippen LogP contribution in [0.1, 0.15) is 6.42 Å². The first kappa shape index (κ1) is 14.4. The fraction of sp³-hybridized carbons (Fsp3) is 0.444. The van der Waals surface area contributed by atoms with Crippen molar-refractivity contribution in [3.05, 3.63) is 28.5 Å². The second-order valence-electron chi connectivity index (χ2n) is 3.45. The number of nitrogens with two attached hydrogens (primary N) is 1. The van der Waals surface area contributed by atoms with E-state index >= 15 is 0 Å². The summed E-state index contributed by atoms with van der Waals surface area (Å²) in [6.45, 7) is 1.38. The van der Waals surface area contributed by atoms with Gasteiger partial charge in [-0.25, -0.2) is 0 Å². The second-order valence-corrected chi connectivity index (χ2v) is 3.45. The molecule has 2 aliphatic rings. The molecule has 0 saturated carbocycles. The van der Waals surface area contributed by atoms with Crippen molar-refractivity contribution >= 4 is 5.71 Å². The molecule has 0 fully saturated rings. The number of fused-ring (bicyclic) bond motifs is 1. The molecule has 0 aromatic carbocycles. The van der Waals surface area contributed by atoms with Crippen molar-refractivity contribution < 1.29 is 36.1 Å². The third-order valence-corrected chi connectivity index (χ3v) is 2.38. The maximum Gasteiger partial charge on any atom is 0.138 e. The summed E-state index contributed by atoms with van der Waals surface area (Å²) in [5, 5.41) is 9.92. The zero-order chi connectivity index (χ0) is 11.4. The molecular weight excluding hydrogens is 448 g/mol. The summed E-state index contributed by atoms with van der Waals surface area (Å²) in [7, 11) is 0. The van der Waals surface area contributed by atoms with Gasteiger partial charge in [0.15, 0.2) is 0 Å².